The van der Waals surface area contributed by atoms with Gasteiger partial charge in [0.1, 0.15) is 22.9 Å². The summed E-state index contributed by atoms with van der Waals surface area (Å²) in [6.45, 7) is 0.0280. The number of hydrogen-bond acceptors (Lipinski definition) is 9. The zero-order valence-corrected chi connectivity index (χ0v) is 19.1. The first-order valence-electron chi connectivity index (χ1n) is 9.00. The number of thiophene rings is 1. The SMILES string of the molecule is COC(=O)CN(Cc1cc(OC)cc(OC)c1)C(=O)c1cc2sc(N(C)C)nc2s1. The molecule has 0 saturated heterocycles. The van der Waals surface area contributed by atoms with E-state index in [4.69, 9.17) is 14.2 Å². The molecule has 3 rings (SSSR count). The Bertz CT molecular complexity index is 1010. The molecular weight excluding hydrogens is 426 g/mol. The van der Waals surface area contributed by atoms with E-state index >= 15 is 0 Å². The van der Waals surface area contributed by atoms with E-state index in [1.807, 2.05) is 25.1 Å². The Morgan fingerprint density at radius 1 is 1.00 bits per heavy atom. The van der Waals surface area contributed by atoms with E-state index in [0.29, 0.717) is 16.4 Å². The fraction of sp³-hybridized carbons (Fsp3) is 0.350. The topological polar surface area (TPSA) is 81.2 Å². The number of rotatable bonds is 8. The van der Waals surface area contributed by atoms with Gasteiger partial charge in [0.15, 0.2) is 5.13 Å². The number of amides is 1. The summed E-state index contributed by atoms with van der Waals surface area (Å²) in [7, 11) is 8.27. The normalized spacial score (nSPS) is 10.7. The average Bonchev–Trinajstić information content (AvgIpc) is 3.31. The molecule has 1 aromatic carbocycles. The van der Waals surface area contributed by atoms with Crippen LogP contribution in [-0.2, 0) is 16.1 Å². The van der Waals surface area contributed by atoms with Crippen LogP contribution in [0.4, 0.5) is 5.13 Å². The van der Waals surface area contributed by atoms with Gasteiger partial charge in [0.05, 0.1) is 30.9 Å². The molecule has 3 aromatic rings. The number of benzene rings is 1. The monoisotopic (exact) mass is 449 g/mol. The van der Waals surface area contributed by atoms with Gasteiger partial charge in [-0.2, -0.15) is 0 Å². The molecule has 0 N–H and O–H groups in total. The van der Waals surface area contributed by atoms with Crippen molar-refractivity contribution in [2.45, 2.75) is 6.54 Å². The highest BCUT2D eigenvalue weighted by Crippen LogP contribution is 2.34. The Balaban J connectivity index is 1.90. The highest BCUT2D eigenvalue weighted by atomic mass is 32.1. The van der Waals surface area contributed by atoms with Gasteiger partial charge in [-0.25, -0.2) is 4.98 Å². The third-order valence-electron chi connectivity index (χ3n) is 4.29. The fourth-order valence-electron chi connectivity index (χ4n) is 2.77. The predicted molar refractivity (Wildman–Crippen MR) is 118 cm³/mol. The molecule has 0 fully saturated rings. The van der Waals surface area contributed by atoms with Crippen molar-refractivity contribution in [2.24, 2.45) is 0 Å². The Morgan fingerprint density at radius 3 is 2.20 bits per heavy atom. The predicted octanol–water partition coefficient (Wildman–Crippen LogP) is 3.26. The van der Waals surface area contributed by atoms with Crippen LogP contribution in [0.2, 0.25) is 0 Å². The molecular formula is C20H23N3O5S2. The second-order valence-electron chi connectivity index (χ2n) is 6.63. The number of aromatic nitrogens is 1. The van der Waals surface area contributed by atoms with E-state index in [1.54, 1.807) is 32.4 Å². The quantitative estimate of drug-likeness (QED) is 0.488. The standard InChI is InChI=1S/C20H23N3O5S2/c1-22(2)20-21-18-15(30-20)9-16(29-18)19(25)23(11-17(24)28-5)10-12-6-13(26-3)8-14(7-12)27-4/h6-9H,10-11H2,1-5H3. The lowest BCUT2D eigenvalue weighted by Crippen LogP contribution is -2.35. The maximum absolute atomic E-state index is 13.2. The molecule has 0 radical (unpaired) electrons. The maximum Gasteiger partial charge on any atom is 0.325 e. The van der Waals surface area contributed by atoms with Crippen molar-refractivity contribution in [3.63, 3.8) is 0 Å². The van der Waals surface area contributed by atoms with Gasteiger partial charge >= 0.3 is 5.97 Å². The van der Waals surface area contributed by atoms with Crippen LogP contribution in [0.15, 0.2) is 24.3 Å². The molecule has 30 heavy (non-hydrogen) atoms. The van der Waals surface area contributed by atoms with Crippen molar-refractivity contribution in [1.29, 1.82) is 0 Å². The van der Waals surface area contributed by atoms with E-state index < -0.39 is 5.97 Å². The van der Waals surface area contributed by atoms with Crippen LogP contribution in [0.1, 0.15) is 15.2 Å². The summed E-state index contributed by atoms with van der Waals surface area (Å²) in [6, 6.07) is 7.18. The zero-order chi connectivity index (χ0) is 21.8. The number of ether oxygens (including phenoxy) is 3. The molecule has 160 valence electrons. The van der Waals surface area contributed by atoms with Crippen LogP contribution in [-0.4, -0.2) is 63.7 Å². The van der Waals surface area contributed by atoms with Crippen LogP contribution in [0.5, 0.6) is 11.5 Å². The number of thiazole rings is 1. The Labute approximate surface area is 182 Å². The van der Waals surface area contributed by atoms with Gasteiger partial charge in [-0.1, -0.05) is 11.3 Å². The highest BCUT2D eigenvalue weighted by Gasteiger charge is 2.23. The summed E-state index contributed by atoms with van der Waals surface area (Å²) in [5.41, 5.74) is 0.773. The Hall–Kier alpha value is -2.85. The van der Waals surface area contributed by atoms with Crippen LogP contribution in [0.25, 0.3) is 9.53 Å². The van der Waals surface area contributed by atoms with Crippen LogP contribution in [0, 0.1) is 0 Å². The lowest BCUT2D eigenvalue weighted by atomic mass is 10.1. The van der Waals surface area contributed by atoms with Gasteiger partial charge in [0.2, 0.25) is 0 Å². The molecule has 2 heterocycles. The number of carbonyl (C=O) groups is 2. The van der Waals surface area contributed by atoms with Crippen LogP contribution < -0.4 is 14.4 Å². The van der Waals surface area contributed by atoms with E-state index in [9.17, 15) is 9.59 Å². The summed E-state index contributed by atoms with van der Waals surface area (Å²) >= 11 is 2.83. The first-order valence-corrected chi connectivity index (χ1v) is 10.6. The number of methoxy groups -OCH3 is 3. The Kier molecular flexibility index (Phi) is 6.78. The molecule has 10 heteroatoms. The summed E-state index contributed by atoms with van der Waals surface area (Å²) in [4.78, 5) is 34.4. The van der Waals surface area contributed by atoms with Gasteiger partial charge in [-0.05, 0) is 23.8 Å². The van der Waals surface area contributed by atoms with Gasteiger partial charge in [0, 0.05) is 26.7 Å². The van der Waals surface area contributed by atoms with Crippen molar-refractivity contribution in [3.8, 4) is 11.5 Å². The second-order valence-corrected chi connectivity index (χ2v) is 8.67. The van der Waals surface area contributed by atoms with Crippen molar-refractivity contribution in [2.75, 3.05) is 46.9 Å². The molecule has 0 bridgehead atoms. The fourth-order valence-corrected chi connectivity index (χ4v) is 4.88. The third kappa shape index (κ3) is 4.82. The minimum Gasteiger partial charge on any atom is -0.497 e. The van der Waals surface area contributed by atoms with Crippen molar-refractivity contribution >= 4 is 49.2 Å². The molecule has 2 aromatic heterocycles. The van der Waals surface area contributed by atoms with E-state index in [1.165, 1.54) is 34.7 Å². The molecule has 0 atom stereocenters. The van der Waals surface area contributed by atoms with E-state index in [-0.39, 0.29) is 19.0 Å². The molecule has 0 aliphatic rings. The van der Waals surface area contributed by atoms with Crippen molar-refractivity contribution in [3.05, 3.63) is 34.7 Å². The van der Waals surface area contributed by atoms with E-state index in [0.717, 1.165) is 20.2 Å². The highest BCUT2D eigenvalue weighted by molar-refractivity contribution is 7.29. The summed E-state index contributed by atoms with van der Waals surface area (Å²) in [6.07, 6.45) is 0. The number of nitrogens with zero attached hydrogens (tertiary/aromatic N) is 3. The largest absolute Gasteiger partial charge is 0.497 e. The number of hydrogen-bond donors (Lipinski definition) is 0. The second kappa shape index (κ2) is 9.31. The van der Waals surface area contributed by atoms with Gasteiger partial charge < -0.3 is 24.0 Å². The molecule has 0 unspecified atom stereocenters. The molecule has 0 aliphatic carbocycles. The summed E-state index contributed by atoms with van der Waals surface area (Å²) in [5.74, 6) is 0.451. The molecule has 1 amide bonds. The molecule has 8 nitrogen and oxygen atoms in total. The van der Waals surface area contributed by atoms with E-state index in [2.05, 4.69) is 4.98 Å². The third-order valence-corrected chi connectivity index (χ3v) is 6.61. The molecule has 0 saturated carbocycles. The van der Waals surface area contributed by atoms with Crippen LogP contribution in [0.3, 0.4) is 0 Å². The maximum atomic E-state index is 13.2. The lowest BCUT2D eigenvalue weighted by molar-refractivity contribution is -0.141. The molecule has 0 spiro atoms. The number of esters is 1. The average molecular weight is 450 g/mol. The lowest BCUT2D eigenvalue weighted by Gasteiger charge is -2.21. The van der Waals surface area contributed by atoms with Gasteiger partial charge in [-0.15, -0.1) is 11.3 Å². The zero-order valence-electron chi connectivity index (χ0n) is 17.4. The smallest absolute Gasteiger partial charge is 0.325 e. The van der Waals surface area contributed by atoms with Crippen molar-refractivity contribution in [1.82, 2.24) is 9.88 Å². The van der Waals surface area contributed by atoms with Gasteiger partial charge in [-0.3, -0.25) is 9.59 Å². The number of fused-ring (bicyclic) bond motifs is 1. The number of anilines is 1. The van der Waals surface area contributed by atoms with Gasteiger partial charge in [0.25, 0.3) is 5.91 Å². The first-order chi connectivity index (χ1) is 14.3. The minimum atomic E-state index is -0.496. The minimum absolute atomic E-state index is 0.170. The summed E-state index contributed by atoms with van der Waals surface area (Å²) in [5, 5.41) is 0.880. The molecule has 0 aliphatic heterocycles. The van der Waals surface area contributed by atoms with Crippen molar-refractivity contribution < 1.29 is 23.8 Å². The summed E-state index contributed by atoms with van der Waals surface area (Å²) < 4.78 is 16.3. The first kappa shape index (κ1) is 21.8. The number of carbonyl (C=O) groups excluding carboxylic acids is 2. The van der Waals surface area contributed by atoms with Crippen LogP contribution >= 0.6 is 22.7 Å². The Morgan fingerprint density at radius 2 is 1.67 bits per heavy atom.